The Hall–Kier alpha value is -0.830. The second kappa shape index (κ2) is 4.93. The van der Waals surface area contributed by atoms with Gasteiger partial charge in [-0.2, -0.15) is 12.6 Å². The molecule has 0 saturated heterocycles. The number of carbonyl (C=O) groups is 1. The summed E-state index contributed by atoms with van der Waals surface area (Å²) in [5.74, 6) is 0.861. The maximum absolute atomic E-state index is 11.1. The maximum Gasteiger partial charge on any atom is 0.138 e. The Kier molecular flexibility index (Phi) is 3.80. The Balaban J connectivity index is 2.47. The Morgan fingerprint density at radius 3 is 2.67 bits per heavy atom. The van der Waals surface area contributed by atoms with E-state index in [-0.39, 0.29) is 5.78 Å². The highest BCUT2D eigenvalue weighted by Crippen LogP contribution is 2.00. The molecule has 0 fully saturated rings. The number of hydrogen-bond acceptors (Lipinski definition) is 3. The van der Waals surface area contributed by atoms with E-state index in [2.05, 4.69) is 17.6 Å². The molecule has 1 heterocycles. The molecule has 3 heteroatoms. The summed E-state index contributed by atoms with van der Waals surface area (Å²) < 4.78 is 0. The van der Waals surface area contributed by atoms with E-state index in [9.17, 15) is 4.79 Å². The summed E-state index contributed by atoms with van der Waals surface area (Å²) in [7, 11) is 0. The lowest BCUT2D eigenvalue weighted by Gasteiger charge is -1.97. The van der Waals surface area contributed by atoms with Crippen LogP contribution in [0.4, 0.5) is 0 Å². The summed E-state index contributed by atoms with van der Waals surface area (Å²) in [6, 6.07) is 3.72. The number of carbonyl (C=O) groups excluding carboxylic acids is 1. The largest absolute Gasteiger partial charge is 0.299 e. The van der Waals surface area contributed by atoms with Crippen LogP contribution in [0.3, 0.4) is 0 Å². The number of pyridine rings is 1. The Morgan fingerprint density at radius 1 is 1.42 bits per heavy atom. The van der Waals surface area contributed by atoms with Crippen molar-refractivity contribution in [2.45, 2.75) is 12.8 Å². The Labute approximate surface area is 77.4 Å². The SMILES string of the molecule is O=C(CCS)Cc1ccncc1. The fourth-order valence-electron chi connectivity index (χ4n) is 0.941. The smallest absolute Gasteiger partial charge is 0.138 e. The average Bonchev–Trinajstić information content (AvgIpc) is 2.06. The number of nitrogens with zero attached hydrogens (tertiary/aromatic N) is 1. The molecule has 1 aromatic heterocycles. The highest BCUT2D eigenvalue weighted by atomic mass is 32.1. The second-order valence-corrected chi connectivity index (χ2v) is 2.99. The zero-order valence-electron chi connectivity index (χ0n) is 6.73. The average molecular weight is 181 g/mol. The standard InChI is InChI=1S/C9H11NOS/c11-9(3-6-12)7-8-1-4-10-5-2-8/h1-2,4-5,12H,3,6-7H2. The molecule has 0 bridgehead atoms. The zero-order valence-corrected chi connectivity index (χ0v) is 7.63. The van der Waals surface area contributed by atoms with Crippen LogP contribution in [0.15, 0.2) is 24.5 Å². The molecule has 2 nitrogen and oxygen atoms in total. The van der Waals surface area contributed by atoms with Gasteiger partial charge in [-0.15, -0.1) is 0 Å². The molecule has 0 N–H and O–H groups in total. The third-order valence-corrected chi connectivity index (χ3v) is 1.76. The molecule has 0 spiro atoms. The number of rotatable bonds is 4. The van der Waals surface area contributed by atoms with E-state index in [4.69, 9.17) is 0 Å². The highest BCUT2D eigenvalue weighted by Gasteiger charge is 2.00. The lowest BCUT2D eigenvalue weighted by atomic mass is 10.1. The van der Waals surface area contributed by atoms with Crippen LogP contribution in [-0.2, 0) is 11.2 Å². The summed E-state index contributed by atoms with van der Waals surface area (Å²) >= 11 is 3.99. The monoisotopic (exact) mass is 181 g/mol. The first kappa shape index (κ1) is 9.26. The van der Waals surface area contributed by atoms with Gasteiger partial charge in [-0.05, 0) is 23.4 Å². The fraction of sp³-hybridized carbons (Fsp3) is 0.333. The van der Waals surface area contributed by atoms with Gasteiger partial charge in [0.1, 0.15) is 5.78 Å². The molecule has 0 radical (unpaired) electrons. The van der Waals surface area contributed by atoms with Gasteiger partial charge in [-0.1, -0.05) is 0 Å². The fourth-order valence-corrected chi connectivity index (χ4v) is 1.19. The highest BCUT2D eigenvalue weighted by molar-refractivity contribution is 7.80. The summed E-state index contributed by atoms with van der Waals surface area (Å²) in [6.07, 6.45) is 4.45. The van der Waals surface area contributed by atoms with Crippen LogP contribution in [0.25, 0.3) is 0 Å². The van der Waals surface area contributed by atoms with Crippen LogP contribution in [0, 0.1) is 0 Å². The van der Waals surface area contributed by atoms with Crippen LogP contribution >= 0.6 is 12.6 Å². The normalized spacial score (nSPS) is 9.75. The molecule has 0 aliphatic carbocycles. The number of Topliss-reactive ketones (excluding diaryl/α,β-unsaturated/α-hetero) is 1. The molecule has 64 valence electrons. The van der Waals surface area contributed by atoms with Crippen molar-refractivity contribution in [1.29, 1.82) is 0 Å². The minimum absolute atomic E-state index is 0.233. The van der Waals surface area contributed by atoms with Crippen molar-refractivity contribution >= 4 is 18.4 Å². The van der Waals surface area contributed by atoms with Gasteiger partial charge in [-0.25, -0.2) is 0 Å². The van der Waals surface area contributed by atoms with Crippen molar-refractivity contribution in [2.24, 2.45) is 0 Å². The predicted molar refractivity (Wildman–Crippen MR) is 51.4 cm³/mol. The summed E-state index contributed by atoms with van der Waals surface area (Å²) in [5.41, 5.74) is 1.02. The van der Waals surface area contributed by atoms with Gasteiger partial charge in [0.05, 0.1) is 0 Å². The van der Waals surface area contributed by atoms with Crippen LogP contribution < -0.4 is 0 Å². The maximum atomic E-state index is 11.1. The zero-order chi connectivity index (χ0) is 8.81. The quantitative estimate of drug-likeness (QED) is 0.714. The summed E-state index contributed by atoms with van der Waals surface area (Å²) in [4.78, 5) is 15.0. The number of thiol groups is 1. The minimum Gasteiger partial charge on any atom is -0.299 e. The molecule has 0 amide bonds. The molecule has 12 heavy (non-hydrogen) atoms. The van der Waals surface area contributed by atoms with E-state index in [0.29, 0.717) is 18.6 Å². The predicted octanol–water partition coefficient (Wildman–Crippen LogP) is 1.51. The number of hydrogen-bond donors (Lipinski definition) is 1. The Bertz CT molecular complexity index is 248. The lowest BCUT2D eigenvalue weighted by Crippen LogP contribution is -2.02. The molecule has 0 aliphatic rings. The first-order valence-corrected chi connectivity index (χ1v) is 4.47. The van der Waals surface area contributed by atoms with Crippen molar-refractivity contribution < 1.29 is 4.79 Å². The lowest BCUT2D eigenvalue weighted by molar-refractivity contribution is -0.118. The van der Waals surface area contributed by atoms with E-state index in [1.807, 2.05) is 12.1 Å². The van der Waals surface area contributed by atoms with Crippen molar-refractivity contribution in [1.82, 2.24) is 4.98 Å². The molecule has 0 aromatic carbocycles. The molecule has 1 aromatic rings. The summed E-state index contributed by atoms with van der Waals surface area (Å²) in [5, 5.41) is 0. The molecule has 0 unspecified atom stereocenters. The molecule has 1 rings (SSSR count). The van der Waals surface area contributed by atoms with Crippen LogP contribution in [0.5, 0.6) is 0 Å². The van der Waals surface area contributed by atoms with Crippen LogP contribution in [0.1, 0.15) is 12.0 Å². The van der Waals surface area contributed by atoms with Gasteiger partial charge in [0.15, 0.2) is 0 Å². The van der Waals surface area contributed by atoms with E-state index < -0.39 is 0 Å². The minimum atomic E-state index is 0.233. The number of ketones is 1. The molecule has 0 saturated carbocycles. The van der Waals surface area contributed by atoms with Gasteiger partial charge >= 0.3 is 0 Å². The van der Waals surface area contributed by atoms with Gasteiger partial charge < -0.3 is 0 Å². The van der Waals surface area contributed by atoms with E-state index in [1.165, 1.54) is 0 Å². The topological polar surface area (TPSA) is 30.0 Å². The van der Waals surface area contributed by atoms with Gasteiger partial charge in [0.2, 0.25) is 0 Å². The van der Waals surface area contributed by atoms with Gasteiger partial charge in [0.25, 0.3) is 0 Å². The molecular weight excluding hydrogens is 170 g/mol. The molecular formula is C9H11NOS. The third kappa shape index (κ3) is 3.05. The van der Waals surface area contributed by atoms with Crippen LogP contribution in [0.2, 0.25) is 0 Å². The molecule has 0 aliphatic heterocycles. The van der Waals surface area contributed by atoms with Crippen molar-refractivity contribution in [3.8, 4) is 0 Å². The first-order valence-electron chi connectivity index (χ1n) is 3.84. The van der Waals surface area contributed by atoms with Crippen LogP contribution in [-0.4, -0.2) is 16.5 Å². The molecule has 0 atom stereocenters. The van der Waals surface area contributed by atoms with E-state index in [0.717, 1.165) is 5.56 Å². The van der Waals surface area contributed by atoms with E-state index in [1.54, 1.807) is 12.4 Å². The third-order valence-electron chi connectivity index (χ3n) is 1.54. The van der Waals surface area contributed by atoms with Gasteiger partial charge in [-0.3, -0.25) is 9.78 Å². The van der Waals surface area contributed by atoms with Crippen molar-refractivity contribution in [2.75, 3.05) is 5.75 Å². The summed E-state index contributed by atoms with van der Waals surface area (Å²) in [6.45, 7) is 0. The number of aromatic nitrogens is 1. The van der Waals surface area contributed by atoms with E-state index >= 15 is 0 Å². The van der Waals surface area contributed by atoms with Crippen molar-refractivity contribution in [3.63, 3.8) is 0 Å². The van der Waals surface area contributed by atoms with Crippen molar-refractivity contribution in [3.05, 3.63) is 30.1 Å². The van der Waals surface area contributed by atoms with Gasteiger partial charge in [0, 0.05) is 25.2 Å². The first-order chi connectivity index (χ1) is 5.83. The second-order valence-electron chi connectivity index (χ2n) is 2.54. The Morgan fingerprint density at radius 2 is 2.08 bits per heavy atom.